The van der Waals surface area contributed by atoms with E-state index >= 15 is 0 Å². The van der Waals surface area contributed by atoms with E-state index in [-0.39, 0.29) is 0 Å². The molecule has 2 heterocycles. The van der Waals surface area contributed by atoms with Gasteiger partial charge < -0.3 is 4.74 Å². The second-order valence-corrected chi connectivity index (χ2v) is 7.06. The third-order valence-electron chi connectivity index (χ3n) is 4.82. The van der Waals surface area contributed by atoms with Gasteiger partial charge in [-0.2, -0.15) is 5.10 Å². The fourth-order valence-electron chi connectivity index (χ4n) is 3.49. The minimum absolute atomic E-state index is 0.362. The van der Waals surface area contributed by atoms with Gasteiger partial charge in [-0.3, -0.25) is 10.1 Å². The molecule has 0 aliphatic carbocycles. The Labute approximate surface area is 162 Å². The predicted octanol–water partition coefficient (Wildman–Crippen LogP) is 3.51. The van der Waals surface area contributed by atoms with E-state index in [1.165, 1.54) is 29.5 Å². The maximum atomic E-state index is 14.8. The molecular formula is C19H14F2N4O4. The lowest BCUT2D eigenvalue weighted by atomic mass is 9.90. The summed E-state index contributed by atoms with van der Waals surface area (Å²) in [7, 11) is 0. The average Bonchev–Trinajstić information content (AvgIpc) is 3.24. The Morgan fingerprint density at radius 1 is 1.21 bits per heavy atom. The highest BCUT2D eigenvalue weighted by Crippen LogP contribution is 2.39. The van der Waals surface area contributed by atoms with E-state index in [4.69, 9.17) is 4.74 Å². The van der Waals surface area contributed by atoms with Crippen LogP contribution in [0, 0.1) is 21.7 Å². The lowest BCUT2D eigenvalue weighted by Crippen LogP contribution is -2.19. The standard InChI is InChI=1S/C19H14F2N4O4/c1-19(2)13-5-10(3-4-12(13)18(26)29-19)17(24-9-22-8-23-24)16-14(20)6-11(25(27)28)7-15(16)21/h3-9,17H,1-2H3/t17-/m1/s1. The molecule has 29 heavy (non-hydrogen) atoms. The smallest absolute Gasteiger partial charge is 0.339 e. The van der Waals surface area contributed by atoms with Crippen LogP contribution >= 0.6 is 0 Å². The number of carbonyl (C=O) groups excluding carboxylic acids is 1. The molecule has 148 valence electrons. The molecule has 3 aromatic rings. The number of carbonyl (C=O) groups is 1. The summed E-state index contributed by atoms with van der Waals surface area (Å²) in [4.78, 5) is 25.9. The minimum Gasteiger partial charge on any atom is -0.451 e. The summed E-state index contributed by atoms with van der Waals surface area (Å²) in [6.45, 7) is 3.41. The molecule has 0 amide bonds. The van der Waals surface area contributed by atoms with Gasteiger partial charge in [0.25, 0.3) is 5.69 Å². The summed E-state index contributed by atoms with van der Waals surface area (Å²) in [5.74, 6) is -2.67. The zero-order chi connectivity index (χ0) is 20.9. The minimum atomic E-state index is -1.10. The van der Waals surface area contributed by atoms with Gasteiger partial charge in [0.15, 0.2) is 0 Å². The second-order valence-electron chi connectivity index (χ2n) is 7.06. The van der Waals surface area contributed by atoms with Gasteiger partial charge in [0.1, 0.15) is 35.9 Å². The van der Waals surface area contributed by atoms with E-state index in [0.29, 0.717) is 28.8 Å². The maximum Gasteiger partial charge on any atom is 0.339 e. The van der Waals surface area contributed by atoms with E-state index in [0.717, 1.165) is 0 Å². The van der Waals surface area contributed by atoms with E-state index in [2.05, 4.69) is 10.1 Å². The van der Waals surface area contributed by atoms with Crippen molar-refractivity contribution < 1.29 is 23.2 Å². The summed E-state index contributed by atoms with van der Waals surface area (Å²) < 4.78 is 36.2. The van der Waals surface area contributed by atoms with Crippen LogP contribution in [-0.2, 0) is 10.3 Å². The zero-order valence-corrected chi connectivity index (χ0v) is 15.3. The third kappa shape index (κ3) is 3.02. The summed E-state index contributed by atoms with van der Waals surface area (Å²) in [5.41, 5.74) is -0.706. The fraction of sp³-hybridized carbons (Fsp3) is 0.211. The Bertz CT molecular complexity index is 1120. The number of nitro groups is 1. The third-order valence-corrected chi connectivity index (χ3v) is 4.82. The molecular weight excluding hydrogens is 386 g/mol. The van der Waals surface area contributed by atoms with Crippen molar-refractivity contribution in [1.29, 1.82) is 0 Å². The zero-order valence-electron chi connectivity index (χ0n) is 15.3. The molecule has 1 aliphatic rings. The molecule has 0 unspecified atom stereocenters. The first-order valence-electron chi connectivity index (χ1n) is 8.54. The van der Waals surface area contributed by atoms with Crippen molar-refractivity contribution in [2.45, 2.75) is 25.5 Å². The average molecular weight is 400 g/mol. The van der Waals surface area contributed by atoms with Crippen LogP contribution in [-0.4, -0.2) is 25.7 Å². The number of nitrogens with zero attached hydrogens (tertiary/aromatic N) is 4. The van der Waals surface area contributed by atoms with E-state index < -0.39 is 45.4 Å². The normalized spacial score (nSPS) is 15.7. The SMILES string of the molecule is CC1(C)OC(=O)c2ccc([C@H](c3c(F)cc([N+](=O)[O-])cc3F)n3cncn3)cc21. The number of hydrogen-bond acceptors (Lipinski definition) is 6. The molecule has 2 aromatic carbocycles. The van der Waals surface area contributed by atoms with Crippen LogP contribution in [0.4, 0.5) is 14.5 Å². The number of benzene rings is 2. The van der Waals surface area contributed by atoms with Crippen LogP contribution in [0.3, 0.4) is 0 Å². The maximum absolute atomic E-state index is 14.8. The van der Waals surface area contributed by atoms with Crippen molar-refractivity contribution in [3.8, 4) is 0 Å². The van der Waals surface area contributed by atoms with Crippen LogP contribution in [0.1, 0.15) is 46.9 Å². The molecule has 0 fully saturated rings. The molecule has 0 N–H and O–H groups in total. The lowest BCUT2D eigenvalue weighted by molar-refractivity contribution is -0.385. The predicted molar refractivity (Wildman–Crippen MR) is 95.2 cm³/mol. The van der Waals surface area contributed by atoms with Crippen molar-refractivity contribution in [3.05, 3.63) is 87.0 Å². The number of hydrogen-bond donors (Lipinski definition) is 0. The number of rotatable bonds is 4. The highest BCUT2D eigenvalue weighted by atomic mass is 19.1. The molecule has 1 aromatic heterocycles. The molecule has 0 bridgehead atoms. The molecule has 8 nitrogen and oxygen atoms in total. The van der Waals surface area contributed by atoms with E-state index in [9.17, 15) is 23.7 Å². The molecule has 4 rings (SSSR count). The molecule has 0 saturated heterocycles. The molecule has 0 saturated carbocycles. The summed E-state index contributed by atoms with van der Waals surface area (Å²) >= 11 is 0. The van der Waals surface area contributed by atoms with Crippen LogP contribution in [0.15, 0.2) is 43.0 Å². The molecule has 1 aliphatic heterocycles. The summed E-state index contributed by atoms with van der Waals surface area (Å²) in [6.07, 6.45) is 2.49. The van der Waals surface area contributed by atoms with Crippen LogP contribution in [0.5, 0.6) is 0 Å². The number of non-ortho nitro benzene ring substituents is 1. The fourth-order valence-corrected chi connectivity index (χ4v) is 3.49. The van der Waals surface area contributed by atoms with Crippen molar-refractivity contribution >= 4 is 11.7 Å². The van der Waals surface area contributed by atoms with Gasteiger partial charge in [0, 0.05) is 5.56 Å². The molecule has 1 atom stereocenters. The highest BCUT2D eigenvalue weighted by molar-refractivity contribution is 5.94. The first kappa shape index (κ1) is 18.7. The second kappa shape index (κ2) is 6.43. The molecule has 0 radical (unpaired) electrons. The Morgan fingerprint density at radius 3 is 2.48 bits per heavy atom. The van der Waals surface area contributed by atoms with Gasteiger partial charge in [0.05, 0.1) is 28.2 Å². The highest BCUT2D eigenvalue weighted by Gasteiger charge is 2.39. The Hall–Kier alpha value is -3.69. The van der Waals surface area contributed by atoms with Crippen LogP contribution in [0.2, 0.25) is 0 Å². The van der Waals surface area contributed by atoms with Crippen molar-refractivity contribution in [2.24, 2.45) is 0 Å². The lowest BCUT2D eigenvalue weighted by Gasteiger charge is -2.22. The number of esters is 1. The quantitative estimate of drug-likeness (QED) is 0.377. The first-order chi connectivity index (χ1) is 13.7. The van der Waals surface area contributed by atoms with E-state index in [1.807, 2.05) is 0 Å². The monoisotopic (exact) mass is 400 g/mol. The van der Waals surface area contributed by atoms with Crippen molar-refractivity contribution in [1.82, 2.24) is 14.8 Å². The van der Waals surface area contributed by atoms with Gasteiger partial charge in [-0.1, -0.05) is 6.07 Å². The van der Waals surface area contributed by atoms with Gasteiger partial charge >= 0.3 is 5.97 Å². The molecule has 0 spiro atoms. The molecule has 10 heteroatoms. The van der Waals surface area contributed by atoms with Crippen LogP contribution in [0.25, 0.3) is 0 Å². The van der Waals surface area contributed by atoms with Gasteiger partial charge in [0.2, 0.25) is 0 Å². The van der Waals surface area contributed by atoms with Crippen molar-refractivity contribution in [3.63, 3.8) is 0 Å². The number of nitro benzene ring substituents is 1. The summed E-state index contributed by atoms with van der Waals surface area (Å²) in [5, 5.41) is 14.9. The first-order valence-corrected chi connectivity index (χ1v) is 8.54. The van der Waals surface area contributed by atoms with Crippen LogP contribution < -0.4 is 0 Å². The number of aromatic nitrogens is 3. The largest absolute Gasteiger partial charge is 0.451 e. The number of fused-ring (bicyclic) bond motifs is 1. The Kier molecular flexibility index (Phi) is 4.14. The topological polar surface area (TPSA) is 100 Å². The van der Waals surface area contributed by atoms with Gasteiger partial charge in [-0.25, -0.2) is 23.2 Å². The Balaban J connectivity index is 1.93. The Morgan fingerprint density at radius 2 is 1.90 bits per heavy atom. The number of cyclic esters (lactones) is 1. The van der Waals surface area contributed by atoms with Gasteiger partial charge in [-0.05, 0) is 31.5 Å². The summed E-state index contributed by atoms with van der Waals surface area (Å²) in [6, 6.07) is 4.89. The number of halogens is 2. The van der Waals surface area contributed by atoms with Gasteiger partial charge in [-0.15, -0.1) is 0 Å². The number of ether oxygens (including phenoxy) is 1. The van der Waals surface area contributed by atoms with E-state index in [1.54, 1.807) is 19.9 Å². The van der Waals surface area contributed by atoms with Crippen molar-refractivity contribution in [2.75, 3.05) is 0 Å².